The van der Waals surface area contributed by atoms with Gasteiger partial charge < -0.3 is 14.2 Å². The number of aromatic nitrogens is 2. The van der Waals surface area contributed by atoms with Crippen molar-refractivity contribution in [2.45, 2.75) is 53.7 Å². The summed E-state index contributed by atoms with van der Waals surface area (Å²) in [5.74, 6) is 1.02. The van der Waals surface area contributed by atoms with Gasteiger partial charge in [-0.1, -0.05) is 36.7 Å². The Morgan fingerprint density at radius 2 is 1.82 bits per heavy atom. The first-order valence-corrected chi connectivity index (χ1v) is 11.6. The third-order valence-electron chi connectivity index (χ3n) is 5.49. The van der Waals surface area contributed by atoms with Gasteiger partial charge in [0.25, 0.3) is 0 Å². The second kappa shape index (κ2) is 10.0. The predicted molar refractivity (Wildman–Crippen MR) is 137 cm³/mol. The highest BCUT2D eigenvalue weighted by molar-refractivity contribution is 6.30. The molecule has 176 valence electrons. The number of halogens is 1. The summed E-state index contributed by atoms with van der Waals surface area (Å²) < 4.78 is 7.68. The standard InChI is InChI=1S/C27H34ClN3O2/c1-18(16-30(7)26(32)33-27(4,5)6)8-13-25-29-23-14-19(2)20(3)15-24(23)31(25)17-21-9-11-22(28)12-10-21/h8-15,18H,16-17H2,1-7H3/b13-8+. The molecule has 0 fully saturated rings. The van der Waals surface area contributed by atoms with Crippen LogP contribution in [0.2, 0.25) is 5.02 Å². The van der Waals surface area contributed by atoms with Crippen molar-refractivity contribution in [3.8, 4) is 0 Å². The molecule has 1 aromatic heterocycles. The van der Waals surface area contributed by atoms with Crippen LogP contribution in [-0.4, -0.2) is 39.7 Å². The third-order valence-corrected chi connectivity index (χ3v) is 5.74. The van der Waals surface area contributed by atoms with E-state index >= 15 is 0 Å². The molecule has 1 unspecified atom stereocenters. The second-order valence-electron chi connectivity index (χ2n) is 9.81. The number of hydrogen-bond acceptors (Lipinski definition) is 3. The molecule has 5 nitrogen and oxygen atoms in total. The Balaban J connectivity index is 1.86. The second-order valence-corrected chi connectivity index (χ2v) is 10.2. The molecule has 0 aliphatic heterocycles. The van der Waals surface area contributed by atoms with Crippen LogP contribution in [-0.2, 0) is 11.3 Å². The van der Waals surface area contributed by atoms with Crippen molar-refractivity contribution in [2.24, 2.45) is 5.92 Å². The van der Waals surface area contributed by atoms with Crippen LogP contribution < -0.4 is 0 Å². The van der Waals surface area contributed by atoms with E-state index in [9.17, 15) is 4.79 Å². The molecule has 0 N–H and O–H groups in total. The van der Waals surface area contributed by atoms with Crippen LogP contribution in [0.3, 0.4) is 0 Å². The minimum absolute atomic E-state index is 0.134. The number of benzene rings is 2. The summed E-state index contributed by atoms with van der Waals surface area (Å²) in [5.41, 5.74) is 5.19. The molecule has 6 heteroatoms. The van der Waals surface area contributed by atoms with E-state index in [1.165, 1.54) is 11.1 Å². The fourth-order valence-corrected chi connectivity index (χ4v) is 3.75. The number of nitrogens with zero attached hydrogens (tertiary/aromatic N) is 3. The Morgan fingerprint density at radius 3 is 2.45 bits per heavy atom. The molecule has 0 bridgehead atoms. The molecule has 33 heavy (non-hydrogen) atoms. The lowest BCUT2D eigenvalue weighted by Gasteiger charge is -2.25. The maximum atomic E-state index is 12.3. The van der Waals surface area contributed by atoms with Crippen molar-refractivity contribution >= 4 is 34.8 Å². The molecule has 1 heterocycles. The molecule has 0 saturated heterocycles. The van der Waals surface area contributed by atoms with Gasteiger partial charge in [-0.2, -0.15) is 0 Å². The lowest BCUT2D eigenvalue weighted by Crippen LogP contribution is -2.36. The van der Waals surface area contributed by atoms with Gasteiger partial charge in [-0.05, 0) is 87.6 Å². The fraction of sp³-hybridized carbons (Fsp3) is 0.407. The molecule has 0 spiro atoms. The molecule has 3 aromatic rings. The van der Waals surface area contributed by atoms with Gasteiger partial charge in [0.2, 0.25) is 0 Å². The average Bonchev–Trinajstić information content (AvgIpc) is 3.03. The molecule has 3 rings (SSSR count). The lowest BCUT2D eigenvalue weighted by molar-refractivity contribution is 0.0286. The molecule has 0 aliphatic rings. The van der Waals surface area contributed by atoms with Gasteiger partial charge in [0.1, 0.15) is 11.4 Å². The first kappa shape index (κ1) is 24.8. The van der Waals surface area contributed by atoms with E-state index in [4.69, 9.17) is 21.3 Å². The third kappa shape index (κ3) is 6.61. The summed E-state index contributed by atoms with van der Waals surface area (Å²) in [4.78, 5) is 18.8. The van der Waals surface area contributed by atoms with Crippen molar-refractivity contribution in [1.82, 2.24) is 14.5 Å². The van der Waals surface area contributed by atoms with Gasteiger partial charge in [0, 0.05) is 25.2 Å². The Morgan fingerprint density at radius 1 is 1.18 bits per heavy atom. The molecule has 1 amide bonds. The fourth-order valence-electron chi connectivity index (χ4n) is 3.62. The molecule has 0 aliphatic carbocycles. The van der Waals surface area contributed by atoms with Crippen LogP contribution >= 0.6 is 11.6 Å². The normalized spacial score (nSPS) is 13.0. The van der Waals surface area contributed by atoms with Crippen LogP contribution in [0.5, 0.6) is 0 Å². The van der Waals surface area contributed by atoms with Crippen molar-refractivity contribution in [3.05, 3.63) is 70.0 Å². The van der Waals surface area contributed by atoms with E-state index in [0.717, 1.165) is 27.4 Å². The zero-order valence-electron chi connectivity index (χ0n) is 20.6. The Hall–Kier alpha value is -2.79. The minimum Gasteiger partial charge on any atom is -0.444 e. The van der Waals surface area contributed by atoms with Crippen LogP contribution in [0.15, 0.2) is 42.5 Å². The van der Waals surface area contributed by atoms with Crippen LogP contribution in [0.1, 0.15) is 50.2 Å². The minimum atomic E-state index is -0.507. The monoisotopic (exact) mass is 467 g/mol. The molecular formula is C27H34ClN3O2. The Kier molecular flexibility index (Phi) is 7.53. The number of carbonyl (C=O) groups excluding carboxylic acids is 1. The highest BCUT2D eigenvalue weighted by Crippen LogP contribution is 2.24. The van der Waals surface area contributed by atoms with Crippen LogP contribution in [0, 0.1) is 19.8 Å². The number of amides is 1. The van der Waals surface area contributed by atoms with Crippen LogP contribution in [0.4, 0.5) is 4.79 Å². The molecular weight excluding hydrogens is 434 g/mol. The largest absolute Gasteiger partial charge is 0.444 e. The Bertz CT molecular complexity index is 1160. The molecule has 1 atom stereocenters. The molecule has 0 saturated carbocycles. The van der Waals surface area contributed by atoms with E-state index in [1.54, 1.807) is 11.9 Å². The first-order chi connectivity index (χ1) is 15.4. The van der Waals surface area contributed by atoms with E-state index in [1.807, 2.05) is 51.1 Å². The lowest BCUT2D eigenvalue weighted by atomic mass is 10.1. The first-order valence-electron chi connectivity index (χ1n) is 11.3. The number of aryl methyl sites for hydroxylation is 2. The van der Waals surface area contributed by atoms with E-state index < -0.39 is 5.60 Å². The van der Waals surface area contributed by atoms with Crippen molar-refractivity contribution < 1.29 is 9.53 Å². The summed E-state index contributed by atoms with van der Waals surface area (Å²) in [7, 11) is 1.76. The molecule has 0 radical (unpaired) electrons. The van der Waals surface area contributed by atoms with E-state index in [0.29, 0.717) is 13.1 Å². The highest BCUT2D eigenvalue weighted by atomic mass is 35.5. The quantitative estimate of drug-likeness (QED) is 0.397. The SMILES string of the molecule is Cc1cc2nc(/C=C/C(C)CN(C)C(=O)OC(C)(C)C)n(Cc3ccc(Cl)cc3)c2cc1C. The van der Waals surface area contributed by atoms with Gasteiger partial charge in [0.15, 0.2) is 0 Å². The zero-order chi connectivity index (χ0) is 24.3. The average molecular weight is 468 g/mol. The topological polar surface area (TPSA) is 47.4 Å². The summed E-state index contributed by atoms with van der Waals surface area (Å²) in [6.45, 7) is 13.2. The van der Waals surface area contributed by atoms with Crippen molar-refractivity contribution in [2.75, 3.05) is 13.6 Å². The van der Waals surface area contributed by atoms with E-state index in [2.05, 4.69) is 43.5 Å². The number of rotatable bonds is 6. The van der Waals surface area contributed by atoms with Gasteiger partial charge in [-0.25, -0.2) is 9.78 Å². The van der Waals surface area contributed by atoms with E-state index in [-0.39, 0.29) is 12.0 Å². The zero-order valence-corrected chi connectivity index (χ0v) is 21.4. The summed E-state index contributed by atoms with van der Waals surface area (Å²) >= 11 is 6.07. The van der Waals surface area contributed by atoms with Crippen molar-refractivity contribution in [3.63, 3.8) is 0 Å². The number of fused-ring (bicyclic) bond motifs is 1. The van der Waals surface area contributed by atoms with Gasteiger partial charge >= 0.3 is 6.09 Å². The number of hydrogen-bond donors (Lipinski definition) is 0. The predicted octanol–water partition coefficient (Wildman–Crippen LogP) is 6.87. The van der Waals surface area contributed by atoms with Crippen LogP contribution in [0.25, 0.3) is 17.1 Å². The summed E-state index contributed by atoms with van der Waals surface area (Å²) in [6, 6.07) is 12.2. The number of imidazole rings is 1. The number of ether oxygens (including phenoxy) is 1. The maximum absolute atomic E-state index is 12.3. The summed E-state index contributed by atoms with van der Waals surface area (Å²) in [6.07, 6.45) is 3.83. The smallest absolute Gasteiger partial charge is 0.410 e. The summed E-state index contributed by atoms with van der Waals surface area (Å²) in [5, 5.41) is 0.726. The van der Waals surface area contributed by atoms with Gasteiger partial charge in [0.05, 0.1) is 11.0 Å². The maximum Gasteiger partial charge on any atom is 0.410 e. The highest BCUT2D eigenvalue weighted by Gasteiger charge is 2.20. The number of carbonyl (C=O) groups is 1. The van der Waals surface area contributed by atoms with Gasteiger partial charge in [-0.3, -0.25) is 0 Å². The van der Waals surface area contributed by atoms with Gasteiger partial charge in [-0.15, -0.1) is 0 Å². The Labute approximate surface area is 202 Å². The van der Waals surface area contributed by atoms with Crippen molar-refractivity contribution in [1.29, 1.82) is 0 Å². The molecule has 2 aromatic carbocycles.